The SMILES string of the molecule is C=CCc1cc(/C=C(/C#N)C(=O)N2CCN(c3ccccc3)CC2)cc(OCC)c1OCc1cccc(C)c1. The fraction of sp³-hybridized carbons (Fsp3) is 0.273. The third kappa shape index (κ3) is 7.08. The van der Waals surface area contributed by atoms with Crippen LogP contribution in [0.15, 0.2) is 85.0 Å². The van der Waals surface area contributed by atoms with Gasteiger partial charge in [0.05, 0.1) is 6.61 Å². The van der Waals surface area contributed by atoms with Crippen LogP contribution in [0.4, 0.5) is 5.69 Å². The second-order valence-corrected chi connectivity index (χ2v) is 9.50. The Morgan fingerprint density at radius 1 is 1.03 bits per heavy atom. The van der Waals surface area contributed by atoms with E-state index in [1.165, 1.54) is 5.56 Å². The summed E-state index contributed by atoms with van der Waals surface area (Å²) in [6.07, 6.45) is 4.01. The first-order valence-electron chi connectivity index (χ1n) is 13.3. The van der Waals surface area contributed by atoms with Gasteiger partial charge in [-0.1, -0.05) is 54.1 Å². The maximum absolute atomic E-state index is 13.3. The van der Waals surface area contributed by atoms with Crippen molar-refractivity contribution in [2.75, 3.05) is 37.7 Å². The molecule has 0 bridgehead atoms. The number of nitriles is 1. The highest BCUT2D eigenvalue weighted by Crippen LogP contribution is 2.35. The van der Waals surface area contributed by atoms with E-state index in [4.69, 9.17) is 9.47 Å². The molecule has 3 aromatic carbocycles. The van der Waals surface area contributed by atoms with Gasteiger partial charge in [0.1, 0.15) is 18.2 Å². The van der Waals surface area contributed by atoms with E-state index in [1.807, 2.05) is 49.4 Å². The van der Waals surface area contributed by atoms with Gasteiger partial charge in [-0.15, -0.1) is 6.58 Å². The molecular weight excluding hydrogens is 486 g/mol. The molecule has 0 N–H and O–H groups in total. The zero-order valence-electron chi connectivity index (χ0n) is 22.7. The number of nitrogens with zero attached hydrogens (tertiary/aromatic N) is 3. The molecule has 0 unspecified atom stereocenters. The topological polar surface area (TPSA) is 65.8 Å². The molecule has 1 aliphatic rings. The van der Waals surface area contributed by atoms with Crippen molar-refractivity contribution in [1.82, 2.24) is 4.90 Å². The maximum Gasteiger partial charge on any atom is 0.264 e. The van der Waals surface area contributed by atoms with Gasteiger partial charge in [0, 0.05) is 37.4 Å². The van der Waals surface area contributed by atoms with Crippen molar-refractivity contribution in [2.45, 2.75) is 26.9 Å². The molecule has 200 valence electrons. The molecule has 6 nitrogen and oxygen atoms in total. The molecule has 1 aliphatic heterocycles. The number of rotatable bonds is 10. The summed E-state index contributed by atoms with van der Waals surface area (Å²) in [7, 11) is 0. The summed E-state index contributed by atoms with van der Waals surface area (Å²) in [5.74, 6) is 0.974. The van der Waals surface area contributed by atoms with E-state index < -0.39 is 0 Å². The van der Waals surface area contributed by atoms with Crippen molar-refractivity contribution >= 4 is 17.7 Å². The predicted octanol–water partition coefficient (Wildman–Crippen LogP) is 5.96. The van der Waals surface area contributed by atoms with E-state index in [9.17, 15) is 10.1 Å². The van der Waals surface area contributed by atoms with Crippen molar-refractivity contribution in [3.63, 3.8) is 0 Å². The molecule has 4 rings (SSSR count). The van der Waals surface area contributed by atoms with Gasteiger partial charge < -0.3 is 19.3 Å². The highest BCUT2D eigenvalue weighted by molar-refractivity contribution is 6.02. The first kappa shape index (κ1) is 27.5. The first-order valence-corrected chi connectivity index (χ1v) is 13.3. The predicted molar refractivity (Wildman–Crippen MR) is 156 cm³/mol. The first-order chi connectivity index (χ1) is 19.0. The number of piperazine rings is 1. The minimum atomic E-state index is -0.256. The average Bonchev–Trinajstić information content (AvgIpc) is 2.96. The van der Waals surface area contributed by atoms with Crippen LogP contribution in [0.1, 0.15) is 29.2 Å². The molecule has 1 fully saturated rings. The summed E-state index contributed by atoms with van der Waals surface area (Å²) in [6.45, 7) is 11.3. The Hall–Kier alpha value is -4.50. The van der Waals surface area contributed by atoms with Crippen LogP contribution in [0.5, 0.6) is 11.5 Å². The Morgan fingerprint density at radius 3 is 2.46 bits per heavy atom. The zero-order valence-corrected chi connectivity index (χ0v) is 22.7. The van der Waals surface area contributed by atoms with E-state index in [1.54, 1.807) is 17.1 Å². The summed E-state index contributed by atoms with van der Waals surface area (Å²) < 4.78 is 12.2. The lowest BCUT2D eigenvalue weighted by Crippen LogP contribution is -2.49. The molecule has 3 aromatic rings. The lowest BCUT2D eigenvalue weighted by atomic mass is 10.0. The normalized spacial score (nSPS) is 13.5. The van der Waals surface area contributed by atoms with Crippen LogP contribution in [-0.4, -0.2) is 43.6 Å². The lowest BCUT2D eigenvalue weighted by molar-refractivity contribution is -0.126. The standard InChI is InChI=1S/C33H35N3O3/c1-4-10-28-20-27(22-31(38-5-2)32(28)39-24-26-12-9-11-25(3)19-26)21-29(23-34)33(37)36-17-15-35(16-18-36)30-13-7-6-8-14-30/h4,6-9,11-14,19-22H,1,5,10,15-18,24H2,2-3H3/b29-21-. The number of carbonyl (C=O) groups is 1. The van der Waals surface area contributed by atoms with Crippen LogP contribution in [-0.2, 0) is 17.8 Å². The number of allylic oxidation sites excluding steroid dienone is 1. The summed E-state index contributed by atoms with van der Waals surface area (Å²) in [4.78, 5) is 17.3. The smallest absolute Gasteiger partial charge is 0.264 e. The van der Waals surface area contributed by atoms with Crippen molar-refractivity contribution < 1.29 is 14.3 Å². The van der Waals surface area contributed by atoms with E-state index in [-0.39, 0.29) is 11.5 Å². The van der Waals surface area contributed by atoms with Crippen LogP contribution >= 0.6 is 0 Å². The lowest BCUT2D eigenvalue weighted by Gasteiger charge is -2.36. The van der Waals surface area contributed by atoms with Crippen LogP contribution < -0.4 is 14.4 Å². The fourth-order valence-corrected chi connectivity index (χ4v) is 4.74. The van der Waals surface area contributed by atoms with Crippen LogP contribution in [0.3, 0.4) is 0 Å². The Balaban J connectivity index is 1.55. The quantitative estimate of drug-likeness (QED) is 0.187. The zero-order chi connectivity index (χ0) is 27.6. The highest BCUT2D eigenvalue weighted by Gasteiger charge is 2.24. The van der Waals surface area contributed by atoms with Gasteiger partial charge in [-0.2, -0.15) is 5.26 Å². The molecular formula is C33H35N3O3. The number of benzene rings is 3. The Kier molecular flexibility index (Phi) is 9.42. The number of hydrogen-bond acceptors (Lipinski definition) is 5. The molecule has 0 atom stereocenters. The summed E-state index contributed by atoms with van der Waals surface area (Å²) in [6, 6.07) is 24.2. The number of hydrogen-bond donors (Lipinski definition) is 0. The minimum Gasteiger partial charge on any atom is -0.490 e. The van der Waals surface area contributed by atoms with Crippen LogP contribution in [0, 0.1) is 18.3 Å². The van der Waals surface area contributed by atoms with Crippen molar-refractivity contribution in [3.05, 3.63) is 107 Å². The van der Waals surface area contributed by atoms with Crippen molar-refractivity contribution in [2.24, 2.45) is 0 Å². The number of amides is 1. The van der Waals surface area contributed by atoms with E-state index in [2.05, 4.69) is 48.7 Å². The Labute approximate surface area is 231 Å². The van der Waals surface area contributed by atoms with Gasteiger partial charge in [0.2, 0.25) is 0 Å². The molecule has 0 aromatic heterocycles. The number of para-hydroxylation sites is 1. The van der Waals surface area contributed by atoms with Gasteiger partial charge in [-0.05, 0) is 61.7 Å². The molecule has 1 saturated heterocycles. The van der Waals surface area contributed by atoms with E-state index >= 15 is 0 Å². The van der Waals surface area contributed by atoms with Gasteiger partial charge >= 0.3 is 0 Å². The molecule has 0 radical (unpaired) electrons. The minimum absolute atomic E-state index is 0.101. The third-order valence-electron chi connectivity index (χ3n) is 6.63. The number of aryl methyl sites for hydroxylation is 1. The van der Waals surface area contributed by atoms with Crippen LogP contribution in [0.25, 0.3) is 6.08 Å². The second-order valence-electron chi connectivity index (χ2n) is 9.50. The van der Waals surface area contributed by atoms with E-state index in [0.29, 0.717) is 49.8 Å². The highest BCUT2D eigenvalue weighted by atomic mass is 16.5. The monoisotopic (exact) mass is 521 g/mol. The van der Waals surface area contributed by atoms with Crippen LogP contribution in [0.2, 0.25) is 0 Å². The number of anilines is 1. The summed E-state index contributed by atoms with van der Waals surface area (Å²) >= 11 is 0. The van der Waals surface area contributed by atoms with Crippen molar-refractivity contribution in [3.8, 4) is 17.6 Å². The fourth-order valence-electron chi connectivity index (χ4n) is 4.74. The van der Waals surface area contributed by atoms with Gasteiger partial charge in [-0.3, -0.25) is 4.79 Å². The maximum atomic E-state index is 13.3. The summed E-state index contributed by atoms with van der Waals surface area (Å²) in [5.41, 5.74) is 5.08. The molecule has 1 heterocycles. The molecule has 39 heavy (non-hydrogen) atoms. The van der Waals surface area contributed by atoms with E-state index in [0.717, 1.165) is 29.9 Å². The Bertz CT molecular complexity index is 1370. The van der Waals surface area contributed by atoms with Gasteiger partial charge in [0.15, 0.2) is 11.5 Å². The second kappa shape index (κ2) is 13.3. The molecule has 1 amide bonds. The summed E-state index contributed by atoms with van der Waals surface area (Å²) in [5, 5.41) is 9.90. The largest absolute Gasteiger partial charge is 0.490 e. The van der Waals surface area contributed by atoms with Gasteiger partial charge in [-0.25, -0.2) is 0 Å². The Morgan fingerprint density at radius 2 is 1.79 bits per heavy atom. The molecule has 6 heteroatoms. The van der Waals surface area contributed by atoms with Gasteiger partial charge in [0.25, 0.3) is 5.91 Å². The molecule has 0 spiro atoms. The molecule has 0 saturated carbocycles. The number of ether oxygens (including phenoxy) is 2. The average molecular weight is 522 g/mol. The third-order valence-corrected chi connectivity index (χ3v) is 6.63. The number of carbonyl (C=O) groups excluding carboxylic acids is 1. The molecule has 0 aliphatic carbocycles. The van der Waals surface area contributed by atoms with Crippen molar-refractivity contribution in [1.29, 1.82) is 5.26 Å².